The van der Waals surface area contributed by atoms with E-state index < -0.39 is 12.1 Å². The Balaban J connectivity index is 2.20. The van der Waals surface area contributed by atoms with Gasteiger partial charge in [-0.1, -0.05) is 13.8 Å². The number of nitrogens with one attached hydrogen (secondary N) is 2. The third kappa shape index (κ3) is 5.37. The summed E-state index contributed by atoms with van der Waals surface area (Å²) in [6.45, 7) is 6.21. The van der Waals surface area contributed by atoms with E-state index in [1.807, 2.05) is 13.8 Å². The van der Waals surface area contributed by atoms with Gasteiger partial charge in [0.25, 0.3) is 0 Å². The number of carbonyl (C=O) groups excluding carboxylic acids is 3. The Morgan fingerprint density at radius 3 is 2.61 bits per heavy atom. The zero-order valence-corrected chi connectivity index (χ0v) is 16.9. The highest BCUT2D eigenvalue weighted by Crippen LogP contribution is 2.33. The molecule has 1 aliphatic rings. The van der Waals surface area contributed by atoms with E-state index in [0.717, 1.165) is 12.8 Å². The van der Waals surface area contributed by atoms with E-state index in [-0.39, 0.29) is 24.3 Å². The van der Waals surface area contributed by atoms with Gasteiger partial charge in [-0.2, -0.15) is 0 Å². The average Bonchev–Trinajstić information content (AvgIpc) is 2.66. The highest BCUT2D eigenvalue weighted by Gasteiger charge is 2.26. The van der Waals surface area contributed by atoms with Crippen LogP contribution in [0.4, 0.5) is 16.2 Å². The largest absolute Gasteiger partial charge is 0.495 e. The van der Waals surface area contributed by atoms with Crippen LogP contribution >= 0.6 is 0 Å². The van der Waals surface area contributed by atoms with Crippen LogP contribution in [-0.2, 0) is 14.3 Å². The summed E-state index contributed by atoms with van der Waals surface area (Å²) in [5.74, 6) is 0.116. The number of nitrogens with zero attached hydrogens (tertiary/aromatic N) is 1. The predicted octanol–water partition coefficient (Wildman–Crippen LogP) is 2.92. The molecule has 0 bridgehead atoms. The quantitative estimate of drug-likeness (QED) is 0.745. The third-order valence-corrected chi connectivity index (χ3v) is 4.56. The molecule has 2 N–H and O–H groups in total. The molecule has 1 fully saturated rings. The number of rotatable bonds is 7. The summed E-state index contributed by atoms with van der Waals surface area (Å²) < 4.78 is 10.3. The molecule has 0 radical (unpaired) electrons. The minimum absolute atomic E-state index is 0.0389. The number of ether oxygens (including phenoxy) is 2. The van der Waals surface area contributed by atoms with Crippen LogP contribution in [0.3, 0.4) is 0 Å². The van der Waals surface area contributed by atoms with Crippen LogP contribution in [0.15, 0.2) is 18.2 Å². The molecule has 1 aromatic rings. The molecule has 3 amide bonds. The number of amides is 3. The average molecular weight is 391 g/mol. The molecule has 1 aromatic carbocycles. The molecule has 2 rings (SSSR count). The first kappa shape index (κ1) is 21.5. The maximum absolute atomic E-state index is 12.7. The first-order chi connectivity index (χ1) is 13.4. The van der Waals surface area contributed by atoms with Crippen molar-refractivity contribution in [3.05, 3.63) is 18.2 Å². The predicted molar refractivity (Wildman–Crippen MR) is 107 cm³/mol. The van der Waals surface area contributed by atoms with Crippen LogP contribution in [0.2, 0.25) is 0 Å². The van der Waals surface area contributed by atoms with Crippen molar-refractivity contribution in [3.8, 4) is 5.75 Å². The number of hydrogen-bond donors (Lipinski definition) is 2. The molecular formula is C20H29N3O5. The van der Waals surface area contributed by atoms with Crippen molar-refractivity contribution in [2.24, 2.45) is 5.92 Å². The van der Waals surface area contributed by atoms with E-state index in [9.17, 15) is 14.4 Å². The van der Waals surface area contributed by atoms with Crippen LogP contribution in [0, 0.1) is 5.92 Å². The fourth-order valence-electron chi connectivity index (χ4n) is 3.09. The minimum Gasteiger partial charge on any atom is -0.495 e. The van der Waals surface area contributed by atoms with Gasteiger partial charge in [0.1, 0.15) is 11.8 Å². The Bertz CT molecular complexity index is 720. The van der Waals surface area contributed by atoms with Gasteiger partial charge in [0.05, 0.1) is 19.4 Å². The van der Waals surface area contributed by atoms with Gasteiger partial charge in [-0.05, 0) is 43.9 Å². The van der Waals surface area contributed by atoms with Crippen LogP contribution in [0.1, 0.15) is 40.0 Å². The van der Waals surface area contributed by atoms with Gasteiger partial charge in [-0.15, -0.1) is 0 Å². The number of hydrogen-bond acceptors (Lipinski definition) is 5. The molecule has 0 aliphatic carbocycles. The van der Waals surface area contributed by atoms with Crippen molar-refractivity contribution in [2.75, 3.05) is 30.5 Å². The number of piperidine rings is 1. The van der Waals surface area contributed by atoms with Crippen LogP contribution in [0.25, 0.3) is 0 Å². The lowest BCUT2D eigenvalue weighted by atomic mass is 10.0. The van der Waals surface area contributed by atoms with E-state index in [1.165, 1.54) is 0 Å². The molecule has 0 spiro atoms. The van der Waals surface area contributed by atoms with Gasteiger partial charge in [0, 0.05) is 18.7 Å². The second-order valence-electron chi connectivity index (χ2n) is 6.96. The Morgan fingerprint density at radius 2 is 2.00 bits per heavy atom. The van der Waals surface area contributed by atoms with Gasteiger partial charge in [-0.3, -0.25) is 9.59 Å². The van der Waals surface area contributed by atoms with Gasteiger partial charge >= 0.3 is 6.09 Å². The van der Waals surface area contributed by atoms with Crippen LogP contribution in [0.5, 0.6) is 5.75 Å². The zero-order valence-electron chi connectivity index (χ0n) is 16.9. The molecule has 1 atom stereocenters. The lowest BCUT2D eigenvalue weighted by Gasteiger charge is -2.28. The zero-order chi connectivity index (χ0) is 20.7. The van der Waals surface area contributed by atoms with Crippen molar-refractivity contribution in [3.63, 3.8) is 0 Å². The fourth-order valence-corrected chi connectivity index (χ4v) is 3.09. The molecule has 28 heavy (non-hydrogen) atoms. The summed E-state index contributed by atoms with van der Waals surface area (Å²) in [7, 11) is 1.55. The Kier molecular flexibility index (Phi) is 7.66. The molecule has 8 heteroatoms. The van der Waals surface area contributed by atoms with E-state index >= 15 is 0 Å². The molecule has 0 aromatic heterocycles. The Morgan fingerprint density at radius 1 is 1.25 bits per heavy atom. The van der Waals surface area contributed by atoms with Crippen molar-refractivity contribution in [1.29, 1.82) is 0 Å². The molecule has 8 nitrogen and oxygen atoms in total. The molecule has 1 heterocycles. The van der Waals surface area contributed by atoms with Gasteiger partial charge < -0.3 is 25.0 Å². The van der Waals surface area contributed by atoms with E-state index in [2.05, 4.69) is 10.6 Å². The summed E-state index contributed by atoms with van der Waals surface area (Å²) >= 11 is 0. The molecule has 1 saturated heterocycles. The maximum Gasteiger partial charge on any atom is 0.407 e. The summed E-state index contributed by atoms with van der Waals surface area (Å²) in [5.41, 5.74) is 1.15. The van der Waals surface area contributed by atoms with E-state index in [4.69, 9.17) is 9.47 Å². The summed E-state index contributed by atoms with van der Waals surface area (Å²) in [6, 6.07) is 4.40. The highest BCUT2D eigenvalue weighted by atomic mass is 16.5. The fraction of sp³-hybridized carbons (Fsp3) is 0.550. The number of benzene rings is 1. The number of alkyl carbamates (subject to hydrolysis) is 1. The lowest BCUT2D eigenvalue weighted by molar-refractivity contribution is -0.120. The number of methoxy groups -OCH3 is 1. The Hall–Kier alpha value is -2.77. The second kappa shape index (κ2) is 9.96. The highest BCUT2D eigenvalue weighted by molar-refractivity contribution is 5.99. The summed E-state index contributed by atoms with van der Waals surface area (Å²) in [5, 5.41) is 5.40. The third-order valence-electron chi connectivity index (χ3n) is 4.56. The molecular weight excluding hydrogens is 362 g/mol. The normalized spacial score (nSPS) is 15.2. The smallest absolute Gasteiger partial charge is 0.407 e. The van der Waals surface area contributed by atoms with Gasteiger partial charge in [0.15, 0.2) is 0 Å². The topological polar surface area (TPSA) is 97.0 Å². The number of carbonyl (C=O) groups is 3. The number of anilines is 2. The first-order valence-electron chi connectivity index (χ1n) is 9.60. The molecule has 1 unspecified atom stereocenters. The van der Waals surface area contributed by atoms with Gasteiger partial charge in [-0.25, -0.2) is 4.79 Å². The molecule has 1 aliphatic heterocycles. The Labute approximate surface area is 165 Å². The SMILES string of the molecule is CCOC(=O)NC(C(=O)Nc1ccc(OC)c(N2CCCCC2=O)c1)C(C)C. The summed E-state index contributed by atoms with van der Waals surface area (Å²) in [6.07, 6.45) is 1.66. The first-order valence-corrected chi connectivity index (χ1v) is 9.60. The standard InChI is InChI=1S/C20H29N3O5/c1-5-28-20(26)22-18(13(2)3)19(25)21-14-9-10-16(27-4)15(12-14)23-11-7-6-8-17(23)24/h9-10,12-13,18H,5-8,11H2,1-4H3,(H,21,25)(H,22,26). The van der Waals surface area contributed by atoms with Gasteiger partial charge in [0.2, 0.25) is 11.8 Å². The van der Waals surface area contributed by atoms with E-state index in [0.29, 0.717) is 30.1 Å². The maximum atomic E-state index is 12.7. The molecule has 0 saturated carbocycles. The summed E-state index contributed by atoms with van der Waals surface area (Å²) in [4.78, 5) is 38.4. The van der Waals surface area contributed by atoms with Crippen molar-refractivity contribution in [1.82, 2.24) is 5.32 Å². The van der Waals surface area contributed by atoms with Crippen LogP contribution < -0.4 is 20.3 Å². The monoisotopic (exact) mass is 391 g/mol. The lowest BCUT2D eigenvalue weighted by Crippen LogP contribution is -2.47. The van der Waals surface area contributed by atoms with Crippen molar-refractivity contribution < 1.29 is 23.9 Å². The molecule has 154 valence electrons. The van der Waals surface area contributed by atoms with Crippen molar-refractivity contribution in [2.45, 2.75) is 46.1 Å². The van der Waals surface area contributed by atoms with E-state index in [1.54, 1.807) is 37.1 Å². The second-order valence-corrected chi connectivity index (χ2v) is 6.96. The van der Waals surface area contributed by atoms with Crippen LogP contribution in [-0.4, -0.2) is 44.2 Å². The van der Waals surface area contributed by atoms with Crippen molar-refractivity contribution >= 4 is 29.3 Å². The minimum atomic E-state index is -0.749.